The summed E-state index contributed by atoms with van der Waals surface area (Å²) in [6.07, 6.45) is 9.36. The molecule has 9 aromatic rings. The molecule has 0 N–H and O–H groups in total. The zero-order valence-corrected chi connectivity index (χ0v) is 28.0. The van der Waals surface area contributed by atoms with E-state index in [2.05, 4.69) is 203 Å². The number of hydrogen-bond acceptors (Lipinski definition) is 0. The van der Waals surface area contributed by atoms with Crippen LogP contribution in [0.4, 0.5) is 0 Å². The van der Waals surface area contributed by atoms with Crippen LogP contribution in [0.5, 0.6) is 0 Å². The average Bonchev–Trinajstić information content (AvgIpc) is 3.83. The highest BCUT2D eigenvalue weighted by Crippen LogP contribution is 2.59. The van der Waals surface area contributed by atoms with Gasteiger partial charge < -0.3 is 9.13 Å². The summed E-state index contributed by atoms with van der Waals surface area (Å²) in [6, 6.07) is 62.9. The van der Waals surface area contributed by atoms with Crippen molar-refractivity contribution < 1.29 is 0 Å². The molecule has 11 rings (SSSR count). The van der Waals surface area contributed by atoms with Crippen molar-refractivity contribution in [1.82, 2.24) is 9.13 Å². The summed E-state index contributed by atoms with van der Waals surface area (Å²) in [6.45, 7) is 0. The van der Waals surface area contributed by atoms with E-state index < -0.39 is 0 Å². The molecular formula is C49H34N2. The number of benzene rings is 7. The van der Waals surface area contributed by atoms with Crippen molar-refractivity contribution in [2.24, 2.45) is 5.92 Å². The van der Waals surface area contributed by atoms with Crippen LogP contribution >= 0.6 is 0 Å². The van der Waals surface area contributed by atoms with E-state index in [1.807, 2.05) is 0 Å². The first-order chi connectivity index (χ1) is 25.3. The molecule has 2 aromatic heterocycles. The van der Waals surface area contributed by atoms with Crippen LogP contribution in [-0.2, 0) is 5.41 Å². The van der Waals surface area contributed by atoms with E-state index in [0.29, 0.717) is 0 Å². The van der Waals surface area contributed by atoms with Crippen molar-refractivity contribution in [3.63, 3.8) is 0 Å². The average molecular weight is 651 g/mol. The second kappa shape index (κ2) is 10.8. The number of para-hydroxylation sites is 3. The lowest BCUT2D eigenvalue weighted by Crippen LogP contribution is -2.34. The fraction of sp³-hybridized carbons (Fsp3) is 0.0612. The lowest BCUT2D eigenvalue weighted by molar-refractivity contribution is 0.456. The topological polar surface area (TPSA) is 9.86 Å². The minimum Gasteiger partial charge on any atom is -0.309 e. The molecule has 0 amide bonds. The Kier molecular flexibility index (Phi) is 6.03. The fourth-order valence-electron chi connectivity index (χ4n) is 9.73. The van der Waals surface area contributed by atoms with Crippen molar-refractivity contribution >= 4 is 43.6 Å². The number of rotatable bonds is 4. The molecule has 0 saturated heterocycles. The molecule has 2 nitrogen and oxygen atoms in total. The Labute approximate surface area is 296 Å². The van der Waals surface area contributed by atoms with Crippen LogP contribution in [0.25, 0.3) is 55.0 Å². The van der Waals surface area contributed by atoms with E-state index in [-0.39, 0.29) is 17.3 Å². The van der Waals surface area contributed by atoms with E-state index in [9.17, 15) is 0 Å². The third-order valence-electron chi connectivity index (χ3n) is 11.7. The Morgan fingerprint density at radius 3 is 1.65 bits per heavy atom. The van der Waals surface area contributed by atoms with Gasteiger partial charge in [0.05, 0.1) is 33.2 Å². The summed E-state index contributed by atoms with van der Waals surface area (Å²) < 4.78 is 4.95. The number of allylic oxidation sites excluding steroid dienone is 4. The van der Waals surface area contributed by atoms with Crippen molar-refractivity contribution in [3.8, 4) is 11.4 Å². The summed E-state index contributed by atoms with van der Waals surface area (Å²) in [4.78, 5) is 0. The number of fused-ring (bicyclic) bond motifs is 9. The molecule has 2 unspecified atom stereocenters. The Bertz CT molecular complexity index is 2770. The third-order valence-corrected chi connectivity index (χ3v) is 11.7. The number of nitrogens with zero attached hydrogens (tertiary/aromatic N) is 2. The van der Waals surface area contributed by atoms with E-state index in [0.717, 1.165) is 0 Å². The Hall–Kier alpha value is -6.38. The highest BCUT2D eigenvalue weighted by atomic mass is 15.0. The standard InChI is InChI=1S/C49H34N2/c1-3-16-33(17-4-1)49(34-18-5-2-6-19-34)41-24-11-7-20-36(41)40-32-35(30-31-42(40)49)50-45-27-14-10-23-39(45)48-46(50)28-15-29-47(48)51-43-25-12-8-21-37(43)38-22-9-13-26-44(38)51/h1-32,36,41H. The first kappa shape index (κ1) is 28.5. The summed E-state index contributed by atoms with van der Waals surface area (Å²) in [5, 5.41) is 5.07. The van der Waals surface area contributed by atoms with Gasteiger partial charge in [0.2, 0.25) is 0 Å². The molecular weight excluding hydrogens is 617 g/mol. The van der Waals surface area contributed by atoms with Gasteiger partial charge in [-0.1, -0.05) is 152 Å². The molecule has 7 aromatic carbocycles. The van der Waals surface area contributed by atoms with E-state index >= 15 is 0 Å². The third kappa shape index (κ3) is 3.82. The Morgan fingerprint density at radius 1 is 0.431 bits per heavy atom. The maximum absolute atomic E-state index is 2.49. The zero-order valence-electron chi connectivity index (χ0n) is 28.0. The molecule has 0 fully saturated rings. The smallest absolute Gasteiger partial charge is 0.0562 e. The van der Waals surface area contributed by atoms with Crippen LogP contribution in [0.3, 0.4) is 0 Å². The highest BCUT2D eigenvalue weighted by Gasteiger charge is 2.52. The molecule has 240 valence electrons. The molecule has 2 aliphatic rings. The molecule has 2 heterocycles. The van der Waals surface area contributed by atoms with Gasteiger partial charge in [-0.15, -0.1) is 0 Å². The van der Waals surface area contributed by atoms with Gasteiger partial charge in [0.1, 0.15) is 0 Å². The van der Waals surface area contributed by atoms with Crippen molar-refractivity contribution in [3.05, 3.63) is 216 Å². The van der Waals surface area contributed by atoms with Crippen LogP contribution < -0.4 is 0 Å². The molecule has 2 atom stereocenters. The molecule has 0 spiro atoms. The normalized spacial score (nSPS) is 17.4. The summed E-state index contributed by atoms with van der Waals surface area (Å²) in [7, 11) is 0. The summed E-state index contributed by atoms with van der Waals surface area (Å²) >= 11 is 0. The van der Waals surface area contributed by atoms with Gasteiger partial charge in [-0.25, -0.2) is 0 Å². The second-order valence-electron chi connectivity index (χ2n) is 14.0. The Morgan fingerprint density at radius 2 is 0.980 bits per heavy atom. The van der Waals surface area contributed by atoms with Crippen molar-refractivity contribution in [2.75, 3.05) is 0 Å². The second-order valence-corrected chi connectivity index (χ2v) is 14.0. The van der Waals surface area contributed by atoms with Gasteiger partial charge in [0.15, 0.2) is 0 Å². The van der Waals surface area contributed by atoms with Gasteiger partial charge in [-0.2, -0.15) is 0 Å². The fourth-order valence-corrected chi connectivity index (χ4v) is 9.73. The molecule has 0 aliphatic heterocycles. The molecule has 2 heteroatoms. The molecule has 0 bridgehead atoms. The lowest BCUT2D eigenvalue weighted by atomic mass is 9.63. The first-order valence-electron chi connectivity index (χ1n) is 18.0. The van der Waals surface area contributed by atoms with Crippen LogP contribution in [0.15, 0.2) is 194 Å². The maximum Gasteiger partial charge on any atom is 0.0562 e. The minimum atomic E-state index is -0.299. The summed E-state index contributed by atoms with van der Waals surface area (Å²) in [5.41, 5.74) is 12.4. The zero-order chi connectivity index (χ0) is 33.5. The van der Waals surface area contributed by atoms with Gasteiger partial charge in [-0.3, -0.25) is 0 Å². The quantitative estimate of drug-likeness (QED) is 0.179. The van der Waals surface area contributed by atoms with Crippen LogP contribution in [-0.4, -0.2) is 9.13 Å². The number of hydrogen-bond donors (Lipinski definition) is 0. The first-order valence-corrected chi connectivity index (χ1v) is 18.0. The van der Waals surface area contributed by atoms with Gasteiger partial charge in [-0.05, 0) is 64.7 Å². The van der Waals surface area contributed by atoms with E-state index in [1.165, 1.54) is 77.2 Å². The SMILES string of the molecule is C1=CC2c3cc(-n4c5ccccc5c5c(-n6c7ccccc7c7ccccc76)cccc54)ccc3C(c3ccccc3)(c3ccccc3)C2C=C1. The molecule has 2 aliphatic carbocycles. The van der Waals surface area contributed by atoms with Gasteiger partial charge in [0, 0.05) is 39.1 Å². The number of aromatic nitrogens is 2. The van der Waals surface area contributed by atoms with Crippen molar-refractivity contribution in [2.45, 2.75) is 11.3 Å². The predicted molar refractivity (Wildman–Crippen MR) is 212 cm³/mol. The van der Waals surface area contributed by atoms with E-state index in [1.54, 1.807) is 0 Å². The van der Waals surface area contributed by atoms with Gasteiger partial charge >= 0.3 is 0 Å². The predicted octanol–water partition coefficient (Wildman–Crippen LogP) is 12.1. The van der Waals surface area contributed by atoms with Crippen LogP contribution in [0.2, 0.25) is 0 Å². The van der Waals surface area contributed by atoms with Crippen LogP contribution in [0.1, 0.15) is 28.2 Å². The molecule has 51 heavy (non-hydrogen) atoms. The minimum absolute atomic E-state index is 0.256. The molecule has 0 radical (unpaired) electrons. The summed E-state index contributed by atoms with van der Waals surface area (Å²) in [5.74, 6) is 0.518. The largest absolute Gasteiger partial charge is 0.309 e. The highest BCUT2D eigenvalue weighted by molar-refractivity contribution is 6.16. The van der Waals surface area contributed by atoms with Crippen molar-refractivity contribution in [1.29, 1.82) is 0 Å². The monoisotopic (exact) mass is 650 g/mol. The van der Waals surface area contributed by atoms with E-state index in [4.69, 9.17) is 0 Å². The lowest BCUT2D eigenvalue weighted by Gasteiger charge is -2.38. The molecule has 0 saturated carbocycles. The van der Waals surface area contributed by atoms with Gasteiger partial charge in [0.25, 0.3) is 0 Å². The van der Waals surface area contributed by atoms with Crippen LogP contribution in [0, 0.1) is 5.92 Å². The maximum atomic E-state index is 2.49. The Balaban J connectivity index is 1.20.